The third-order valence-corrected chi connectivity index (χ3v) is 6.90. The molecule has 1 N–H and O–H groups in total. The largest absolute Gasteiger partial charge is 0.375 e. The van der Waals surface area contributed by atoms with Crippen LogP contribution >= 0.6 is 0 Å². The molecular weight excluding hydrogens is 340 g/mol. The molecule has 3 aliphatic rings. The Morgan fingerprint density at radius 1 is 1.41 bits per heavy atom. The lowest BCUT2D eigenvalue weighted by Gasteiger charge is -2.30. The van der Waals surface area contributed by atoms with Gasteiger partial charge in [-0.15, -0.1) is 0 Å². The van der Waals surface area contributed by atoms with E-state index in [0.717, 1.165) is 51.1 Å². The zero-order valence-electron chi connectivity index (χ0n) is 16.8. The fourth-order valence-electron chi connectivity index (χ4n) is 5.06. The summed E-state index contributed by atoms with van der Waals surface area (Å²) in [5, 5.41) is 3.46. The Bertz CT molecular complexity index is 652. The fourth-order valence-corrected chi connectivity index (χ4v) is 5.06. The summed E-state index contributed by atoms with van der Waals surface area (Å²) in [6.45, 7) is 7.95. The van der Waals surface area contributed by atoms with Crippen LogP contribution in [-0.2, 0) is 22.6 Å². The van der Waals surface area contributed by atoms with Crippen molar-refractivity contribution in [1.29, 1.82) is 0 Å². The maximum absolute atomic E-state index is 13.2. The molecule has 4 rings (SSSR count). The predicted octanol–water partition coefficient (Wildman–Crippen LogP) is 2.72. The number of nitrogens with zero attached hydrogens (tertiary/aromatic N) is 3. The molecule has 1 spiro atoms. The summed E-state index contributed by atoms with van der Waals surface area (Å²) in [6.07, 6.45) is 11.7. The van der Waals surface area contributed by atoms with E-state index in [2.05, 4.69) is 33.6 Å². The van der Waals surface area contributed by atoms with E-state index >= 15 is 0 Å². The van der Waals surface area contributed by atoms with Gasteiger partial charge in [-0.1, -0.05) is 0 Å². The Morgan fingerprint density at radius 2 is 2.22 bits per heavy atom. The summed E-state index contributed by atoms with van der Waals surface area (Å²) in [6, 6.07) is 0.387. The maximum Gasteiger partial charge on any atom is 0.223 e. The number of nitrogens with one attached hydrogen (secondary N) is 1. The minimum Gasteiger partial charge on any atom is -0.375 e. The van der Waals surface area contributed by atoms with Crippen molar-refractivity contribution in [3.8, 4) is 0 Å². The van der Waals surface area contributed by atoms with E-state index in [4.69, 9.17) is 4.74 Å². The fraction of sp³-hybridized carbons (Fsp3) is 0.810. The van der Waals surface area contributed by atoms with Crippen LogP contribution in [-0.4, -0.2) is 51.7 Å². The molecule has 27 heavy (non-hydrogen) atoms. The first kappa shape index (κ1) is 18.9. The highest BCUT2D eigenvalue weighted by molar-refractivity contribution is 5.77. The molecular formula is C21H34N4O2. The number of hydrogen-bond donors (Lipinski definition) is 1. The number of piperidine rings is 1. The summed E-state index contributed by atoms with van der Waals surface area (Å²) < 4.78 is 8.08. The molecule has 0 radical (unpaired) electrons. The highest BCUT2D eigenvalue weighted by Gasteiger charge is 2.57. The van der Waals surface area contributed by atoms with Gasteiger partial charge in [0.05, 0.1) is 18.8 Å². The monoisotopic (exact) mass is 374 g/mol. The molecule has 3 atom stereocenters. The van der Waals surface area contributed by atoms with Crippen molar-refractivity contribution in [1.82, 2.24) is 19.8 Å². The van der Waals surface area contributed by atoms with Gasteiger partial charge in [0.15, 0.2) is 0 Å². The van der Waals surface area contributed by atoms with Gasteiger partial charge in [0.2, 0.25) is 5.91 Å². The van der Waals surface area contributed by atoms with Gasteiger partial charge in [-0.2, -0.15) is 0 Å². The van der Waals surface area contributed by atoms with Gasteiger partial charge in [-0.25, -0.2) is 4.98 Å². The first-order valence-corrected chi connectivity index (χ1v) is 10.8. The topological polar surface area (TPSA) is 59.4 Å². The van der Waals surface area contributed by atoms with Crippen molar-refractivity contribution < 1.29 is 9.53 Å². The number of imidazole rings is 1. The summed E-state index contributed by atoms with van der Waals surface area (Å²) in [5.74, 6) is 1.29. The second-order valence-corrected chi connectivity index (χ2v) is 8.67. The van der Waals surface area contributed by atoms with E-state index in [1.54, 1.807) is 0 Å². The van der Waals surface area contributed by atoms with Gasteiger partial charge in [-0.3, -0.25) is 4.79 Å². The van der Waals surface area contributed by atoms with Crippen molar-refractivity contribution in [3.05, 3.63) is 18.2 Å². The van der Waals surface area contributed by atoms with Crippen LogP contribution in [0.1, 0.15) is 64.6 Å². The van der Waals surface area contributed by atoms with E-state index in [1.807, 2.05) is 12.4 Å². The van der Waals surface area contributed by atoms with Crippen LogP contribution in [0.5, 0.6) is 0 Å². The van der Waals surface area contributed by atoms with Crippen molar-refractivity contribution in [3.63, 3.8) is 0 Å². The van der Waals surface area contributed by atoms with Gasteiger partial charge in [-0.05, 0) is 70.9 Å². The van der Waals surface area contributed by atoms with Crippen LogP contribution in [0.4, 0.5) is 0 Å². The molecule has 0 bridgehead atoms. The number of rotatable bonds is 7. The second kappa shape index (κ2) is 7.92. The molecule has 1 aromatic heterocycles. The molecule has 3 unspecified atom stereocenters. The summed E-state index contributed by atoms with van der Waals surface area (Å²) >= 11 is 0. The molecule has 2 saturated heterocycles. The molecule has 3 fully saturated rings. The molecule has 0 aromatic carbocycles. The number of aromatic nitrogens is 2. The average molecular weight is 375 g/mol. The van der Waals surface area contributed by atoms with E-state index in [0.29, 0.717) is 30.5 Å². The molecule has 1 aromatic rings. The van der Waals surface area contributed by atoms with Crippen molar-refractivity contribution in [2.45, 2.75) is 90.1 Å². The lowest BCUT2D eigenvalue weighted by atomic mass is 9.93. The Morgan fingerprint density at radius 3 is 2.93 bits per heavy atom. The third kappa shape index (κ3) is 4.06. The van der Waals surface area contributed by atoms with Gasteiger partial charge in [0.1, 0.15) is 5.82 Å². The molecule has 6 heteroatoms. The molecule has 3 heterocycles. The molecule has 2 aliphatic heterocycles. The zero-order chi connectivity index (χ0) is 18.9. The molecule has 1 amide bonds. The summed E-state index contributed by atoms with van der Waals surface area (Å²) in [7, 11) is 0. The molecule has 150 valence electrons. The number of carbonyl (C=O) groups excluding carboxylic acids is 1. The maximum atomic E-state index is 13.2. The first-order chi connectivity index (χ1) is 13.1. The van der Waals surface area contributed by atoms with Crippen LogP contribution in [0.3, 0.4) is 0 Å². The van der Waals surface area contributed by atoms with E-state index in [1.165, 1.54) is 12.8 Å². The smallest absolute Gasteiger partial charge is 0.223 e. The van der Waals surface area contributed by atoms with Crippen molar-refractivity contribution >= 4 is 5.91 Å². The number of hydrogen-bond acceptors (Lipinski definition) is 4. The van der Waals surface area contributed by atoms with E-state index in [9.17, 15) is 4.79 Å². The lowest BCUT2D eigenvalue weighted by Crippen LogP contribution is -2.39. The highest BCUT2D eigenvalue weighted by Crippen LogP contribution is 2.56. The Kier molecular flexibility index (Phi) is 5.55. The quantitative estimate of drug-likeness (QED) is 0.797. The molecule has 6 nitrogen and oxygen atoms in total. The van der Waals surface area contributed by atoms with E-state index < -0.39 is 0 Å². The second-order valence-electron chi connectivity index (χ2n) is 8.67. The average Bonchev–Trinajstić information content (AvgIpc) is 3.02. The number of ether oxygens (including phenoxy) is 1. The van der Waals surface area contributed by atoms with Gasteiger partial charge in [0, 0.05) is 31.4 Å². The Labute approximate surface area is 162 Å². The molecule has 1 aliphatic carbocycles. The first-order valence-electron chi connectivity index (χ1n) is 10.8. The summed E-state index contributed by atoms with van der Waals surface area (Å²) in [5.41, 5.74) is 0.350. The number of amides is 1. The van der Waals surface area contributed by atoms with Crippen LogP contribution in [0, 0.1) is 5.41 Å². The SMILES string of the molecule is CCn1ccnc1CN(C(=O)CCC1CCC(C)O1)C1CC12CCNCC2. The number of aryl methyl sites for hydroxylation is 1. The molecule has 1 saturated carbocycles. The normalized spacial score (nSPS) is 29.2. The highest BCUT2D eigenvalue weighted by atomic mass is 16.5. The standard InChI is InChI=1S/C21H34N4O2/c1-3-24-13-12-23-19(24)15-25(18-14-21(18)8-10-22-11-9-21)20(26)7-6-17-5-4-16(2)27-17/h12-13,16-18,22H,3-11,14-15H2,1-2H3. The predicted molar refractivity (Wildman–Crippen MR) is 104 cm³/mol. The van der Waals surface area contributed by atoms with Crippen LogP contribution in [0.2, 0.25) is 0 Å². The van der Waals surface area contributed by atoms with E-state index in [-0.39, 0.29) is 12.0 Å². The van der Waals surface area contributed by atoms with Gasteiger partial charge in [0.25, 0.3) is 0 Å². The minimum atomic E-state index is 0.260. The minimum absolute atomic E-state index is 0.260. The summed E-state index contributed by atoms with van der Waals surface area (Å²) in [4.78, 5) is 19.9. The Balaban J connectivity index is 1.43. The van der Waals surface area contributed by atoms with Crippen LogP contribution < -0.4 is 5.32 Å². The Hall–Kier alpha value is -1.40. The van der Waals surface area contributed by atoms with Crippen LogP contribution in [0.25, 0.3) is 0 Å². The van der Waals surface area contributed by atoms with Crippen LogP contribution in [0.15, 0.2) is 12.4 Å². The third-order valence-electron chi connectivity index (χ3n) is 6.90. The lowest BCUT2D eigenvalue weighted by molar-refractivity contribution is -0.134. The van der Waals surface area contributed by atoms with Crippen molar-refractivity contribution in [2.24, 2.45) is 5.41 Å². The number of carbonyl (C=O) groups is 1. The van der Waals surface area contributed by atoms with Crippen molar-refractivity contribution in [2.75, 3.05) is 13.1 Å². The van der Waals surface area contributed by atoms with Gasteiger partial charge >= 0.3 is 0 Å². The van der Waals surface area contributed by atoms with Gasteiger partial charge < -0.3 is 19.5 Å². The zero-order valence-corrected chi connectivity index (χ0v) is 16.8.